The van der Waals surface area contributed by atoms with Crippen LogP contribution < -0.4 is 5.32 Å². The van der Waals surface area contributed by atoms with Crippen LogP contribution in [-0.4, -0.2) is 47.7 Å². The smallest absolute Gasteiger partial charge is 0.338 e. The van der Waals surface area contributed by atoms with E-state index in [2.05, 4.69) is 5.32 Å². The van der Waals surface area contributed by atoms with Gasteiger partial charge in [-0.05, 0) is 36.4 Å². The summed E-state index contributed by atoms with van der Waals surface area (Å²) < 4.78 is 80.3. The molecule has 3 aromatic carbocycles. The van der Waals surface area contributed by atoms with Crippen molar-refractivity contribution in [3.8, 4) is 0 Å². The Morgan fingerprint density at radius 3 is 2.19 bits per heavy atom. The highest BCUT2D eigenvalue weighted by Gasteiger charge is 2.46. The van der Waals surface area contributed by atoms with Crippen molar-refractivity contribution in [1.29, 1.82) is 0 Å². The van der Waals surface area contributed by atoms with E-state index in [0.717, 1.165) is 18.3 Å². The van der Waals surface area contributed by atoms with Gasteiger partial charge in [-0.25, -0.2) is 30.8 Å². The lowest BCUT2D eigenvalue weighted by molar-refractivity contribution is -0.139. The average molecular weight is 632 g/mol. The Morgan fingerprint density at radius 1 is 0.857 bits per heavy atom. The third-order valence-corrected chi connectivity index (χ3v) is 10.8. The maximum atomic E-state index is 15.3. The molecule has 0 aliphatic carbocycles. The molecule has 0 saturated heterocycles. The predicted molar refractivity (Wildman–Crippen MR) is 150 cm³/mol. The first-order valence-electron chi connectivity index (χ1n) is 12.6. The van der Waals surface area contributed by atoms with Crippen LogP contribution in [0.3, 0.4) is 0 Å². The highest BCUT2D eigenvalue weighted by Crippen LogP contribution is 2.47. The van der Waals surface area contributed by atoms with Crippen LogP contribution in [0.15, 0.2) is 105 Å². The molecule has 13 heteroatoms. The Balaban J connectivity index is 1.45. The molecule has 1 atom stereocenters. The van der Waals surface area contributed by atoms with E-state index >= 15 is 4.39 Å². The Morgan fingerprint density at radius 2 is 1.50 bits per heavy atom. The Kier molecular flexibility index (Phi) is 8.22. The molecule has 2 aliphatic rings. The second-order valence-electron chi connectivity index (χ2n) is 9.36. The number of dihydropyridines is 1. The first kappa shape index (κ1) is 29.5. The molecule has 1 N–H and O–H groups in total. The molecule has 5 rings (SSSR count). The summed E-state index contributed by atoms with van der Waals surface area (Å²) in [7, 11) is -8.75. The van der Waals surface area contributed by atoms with Crippen molar-refractivity contribution in [1.82, 2.24) is 5.32 Å². The van der Waals surface area contributed by atoms with Crippen molar-refractivity contribution in [3.05, 3.63) is 117 Å². The van der Waals surface area contributed by atoms with Crippen LogP contribution in [-0.2, 0) is 33.9 Å². The fraction of sp³-hybridized carbons (Fsp3) is 0.172. The predicted octanol–water partition coefficient (Wildman–Crippen LogP) is 4.31. The van der Waals surface area contributed by atoms with Gasteiger partial charge in [0.15, 0.2) is 9.84 Å². The number of hydrogen-bond acceptors (Lipinski definition) is 9. The summed E-state index contributed by atoms with van der Waals surface area (Å²) in [6.07, 6.45) is 1.22. The molecule has 42 heavy (non-hydrogen) atoms. The number of nitrogens with one attached hydrogen (secondary N) is 1. The molecular formula is C29H23ClFNO8S2. The number of carbonyl (C=O) groups is 2. The van der Waals surface area contributed by atoms with Gasteiger partial charge in [-0.15, -0.1) is 0 Å². The molecule has 3 aromatic rings. The second-order valence-corrected chi connectivity index (χ2v) is 13.6. The van der Waals surface area contributed by atoms with Crippen LogP contribution in [0.1, 0.15) is 28.3 Å². The zero-order chi connectivity index (χ0) is 30.1. The highest BCUT2D eigenvalue weighted by atomic mass is 35.5. The number of ether oxygens (including phenoxy) is 2. The van der Waals surface area contributed by atoms with Gasteiger partial charge in [-0.3, -0.25) is 0 Å². The number of esters is 2. The average Bonchev–Trinajstić information content (AvgIpc) is 3.03. The molecule has 0 saturated carbocycles. The second kappa shape index (κ2) is 11.7. The monoisotopic (exact) mass is 631 g/mol. The number of sulfone groups is 2. The van der Waals surface area contributed by atoms with Gasteiger partial charge in [-0.1, -0.05) is 48.0 Å². The standard InChI is InChI=1S/C29H23ClFNO8S2/c30-20-10-6-11-21(31)26(20)25-19(29(34)40-15-7-14-39-28(33)18-8-2-1-3-9-18)16-32-22-17-41(35,36)23-12-4-5-13-24(23)42(37,38)27(22)25/h1-6,8-13,16,25,32H,7,14-15,17H2. The Bertz CT molecular complexity index is 1830. The minimum Gasteiger partial charge on any atom is -0.462 e. The number of benzene rings is 3. The highest BCUT2D eigenvalue weighted by molar-refractivity contribution is 7.97. The van der Waals surface area contributed by atoms with Gasteiger partial charge in [0.1, 0.15) is 5.82 Å². The van der Waals surface area contributed by atoms with Gasteiger partial charge in [0.25, 0.3) is 0 Å². The van der Waals surface area contributed by atoms with E-state index < -0.39 is 63.8 Å². The number of rotatable bonds is 7. The van der Waals surface area contributed by atoms with Crippen LogP contribution in [0, 0.1) is 5.82 Å². The lowest BCUT2D eigenvalue weighted by Gasteiger charge is -2.29. The number of carbonyl (C=O) groups excluding carboxylic acids is 2. The van der Waals surface area contributed by atoms with Crippen molar-refractivity contribution in [2.45, 2.75) is 22.1 Å². The maximum absolute atomic E-state index is 15.3. The van der Waals surface area contributed by atoms with Crippen molar-refractivity contribution in [2.75, 3.05) is 19.0 Å². The van der Waals surface area contributed by atoms with Crippen LogP contribution in [0.4, 0.5) is 4.39 Å². The molecule has 2 heterocycles. The molecule has 0 bridgehead atoms. The van der Waals surface area contributed by atoms with Gasteiger partial charge in [0.05, 0.1) is 50.7 Å². The van der Waals surface area contributed by atoms with Gasteiger partial charge in [-0.2, -0.15) is 0 Å². The number of fused-ring (bicyclic) bond motifs is 1. The topological polar surface area (TPSA) is 133 Å². The summed E-state index contributed by atoms with van der Waals surface area (Å²) >= 11 is 6.36. The molecule has 218 valence electrons. The van der Waals surface area contributed by atoms with Gasteiger partial charge in [0, 0.05) is 28.9 Å². The number of allylic oxidation sites excluding steroid dienone is 1. The zero-order valence-electron chi connectivity index (χ0n) is 21.7. The Labute approximate surface area is 246 Å². The molecule has 0 amide bonds. The molecular weight excluding hydrogens is 609 g/mol. The SMILES string of the molecule is O=C(OCCCOC(=O)c1ccccc1)C1=CNC2=C(C1c1c(F)cccc1Cl)S(=O)(=O)c1ccccc1S(=O)(=O)C2. The summed E-state index contributed by atoms with van der Waals surface area (Å²) in [5.74, 6) is -4.81. The van der Waals surface area contributed by atoms with Crippen molar-refractivity contribution in [2.24, 2.45) is 0 Å². The summed E-state index contributed by atoms with van der Waals surface area (Å²) in [6, 6.07) is 17.1. The fourth-order valence-electron chi connectivity index (χ4n) is 4.76. The first-order chi connectivity index (χ1) is 20.0. The van der Waals surface area contributed by atoms with Crippen LogP contribution in [0.25, 0.3) is 0 Å². The van der Waals surface area contributed by atoms with E-state index in [1.807, 2.05) is 0 Å². The van der Waals surface area contributed by atoms with Crippen molar-refractivity contribution in [3.63, 3.8) is 0 Å². The number of halogens is 2. The van der Waals surface area contributed by atoms with E-state index in [1.165, 1.54) is 30.3 Å². The lowest BCUT2D eigenvalue weighted by atomic mass is 9.88. The van der Waals surface area contributed by atoms with Crippen LogP contribution >= 0.6 is 11.6 Å². The van der Waals surface area contributed by atoms with E-state index in [9.17, 15) is 26.4 Å². The van der Waals surface area contributed by atoms with Crippen LogP contribution in [0.2, 0.25) is 5.02 Å². The van der Waals surface area contributed by atoms with E-state index in [-0.39, 0.29) is 41.5 Å². The fourth-order valence-corrected chi connectivity index (χ4v) is 9.11. The van der Waals surface area contributed by atoms with E-state index in [4.69, 9.17) is 21.1 Å². The van der Waals surface area contributed by atoms with Gasteiger partial charge < -0.3 is 14.8 Å². The summed E-state index contributed by atoms with van der Waals surface area (Å²) in [5, 5.41) is 2.46. The lowest BCUT2D eigenvalue weighted by Crippen LogP contribution is -2.31. The molecule has 9 nitrogen and oxygen atoms in total. The van der Waals surface area contributed by atoms with Gasteiger partial charge in [0.2, 0.25) is 9.84 Å². The zero-order valence-corrected chi connectivity index (χ0v) is 24.1. The normalized spacial score (nSPS) is 18.4. The van der Waals surface area contributed by atoms with E-state index in [1.54, 1.807) is 30.3 Å². The molecule has 0 spiro atoms. The molecule has 0 radical (unpaired) electrons. The molecule has 0 fully saturated rings. The quantitative estimate of drug-likeness (QED) is 0.299. The van der Waals surface area contributed by atoms with Crippen molar-refractivity contribution >= 4 is 43.2 Å². The van der Waals surface area contributed by atoms with Crippen molar-refractivity contribution < 1.29 is 40.3 Å². The maximum Gasteiger partial charge on any atom is 0.338 e. The first-order valence-corrected chi connectivity index (χ1v) is 16.1. The van der Waals surface area contributed by atoms with Gasteiger partial charge >= 0.3 is 11.9 Å². The Hall–Kier alpha value is -4.00. The third kappa shape index (κ3) is 5.57. The van der Waals surface area contributed by atoms with Crippen LogP contribution in [0.5, 0.6) is 0 Å². The summed E-state index contributed by atoms with van der Waals surface area (Å²) in [6.45, 7) is -0.287. The third-order valence-electron chi connectivity index (χ3n) is 6.66. The summed E-state index contributed by atoms with van der Waals surface area (Å²) in [4.78, 5) is 24.0. The molecule has 1 unspecified atom stereocenters. The largest absolute Gasteiger partial charge is 0.462 e. The minimum atomic E-state index is -4.61. The number of hydrogen-bond donors (Lipinski definition) is 1. The minimum absolute atomic E-state index is 0.0702. The molecule has 2 aliphatic heterocycles. The summed E-state index contributed by atoms with van der Waals surface area (Å²) in [5.41, 5.74) is -0.509. The molecule has 0 aromatic heterocycles. The van der Waals surface area contributed by atoms with E-state index in [0.29, 0.717) is 5.56 Å².